The lowest BCUT2D eigenvalue weighted by molar-refractivity contribution is 0.0484. The van der Waals surface area contributed by atoms with E-state index in [0.717, 1.165) is 6.26 Å². The van der Waals surface area contributed by atoms with Crippen LogP contribution in [-0.2, 0) is 20.3 Å². The first-order chi connectivity index (χ1) is 9.85. The Kier molecular flexibility index (Phi) is 3.71. The molecule has 0 amide bonds. The maximum Gasteiger partial charge on any atom is 0.224 e. The smallest absolute Gasteiger partial charge is 0.224 e. The van der Waals surface area contributed by atoms with E-state index in [1.807, 2.05) is 6.92 Å². The summed E-state index contributed by atoms with van der Waals surface area (Å²) in [5.41, 5.74) is 0.310. The highest BCUT2D eigenvalue weighted by Crippen LogP contribution is 2.38. The fourth-order valence-corrected chi connectivity index (χ4v) is 3.58. The molecule has 2 atom stereocenters. The van der Waals surface area contributed by atoms with E-state index < -0.39 is 9.84 Å². The van der Waals surface area contributed by atoms with Crippen molar-refractivity contribution in [3.8, 4) is 5.75 Å². The lowest BCUT2D eigenvalue weighted by Crippen LogP contribution is -2.56. The average molecular weight is 334 g/mol. The van der Waals surface area contributed by atoms with Gasteiger partial charge in [0.05, 0.1) is 31.1 Å². The van der Waals surface area contributed by atoms with Crippen LogP contribution in [0, 0.1) is 0 Å². The molecule has 1 saturated heterocycles. The molecule has 9 heteroatoms. The Labute approximate surface area is 128 Å². The van der Waals surface area contributed by atoms with Crippen LogP contribution in [0.1, 0.15) is 12.6 Å². The van der Waals surface area contributed by atoms with Crippen molar-refractivity contribution in [3.63, 3.8) is 0 Å². The summed E-state index contributed by atoms with van der Waals surface area (Å²) in [7, 11) is -3.24. The predicted octanol–water partition coefficient (Wildman–Crippen LogP) is 0.661. The minimum absolute atomic E-state index is 0.0235. The van der Waals surface area contributed by atoms with Gasteiger partial charge in [-0.1, -0.05) is 0 Å². The molecular formula is C12H16ClN3O4S. The summed E-state index contributed by atoms with van der Waals surface area (Å²) in [4.78, 5) is 10.4. The van der Waals surface area contributed by atoms with Crippen molar-refractivity contribution >= 4 is 27.3 Å². The van der Waals surface area contributed by atoms with E-state index in [0.29, 0.717) is 37.1 Å². The van der Waals surface area contributed by atoms with Crippen molar-refractivity contribution in [3.05, 3.63) is 11.0 Å². The Morgan fingerprint density at radius 1 is 1.33 bits per heavy atom. The molecular weight excluding hydrogens is 318 g/mol. The SMILES string of the molecule is CC1COCC2COc3c(CS(C)(=O)=O)nc(Cl)nc3N12. The van der Waals surface area contributed by atoms with Crippen LogP contribution >= 0.6 is 11.6 Å². The highest BCUT2D eigenvalue weighted by molar-refractivity contribution is 7.89. The third-order valence-corrected chi connectivity index (χ3v) is 4.46. The summed E-state index contributed by atoms with van der Waals surface area (Å²) >= 11 is 5.96. The summed E-state index contributed by atoms with van der Waals surface area (Å²) < 4.78 is 34.3. The number of anilines is 1. The van der Waals surface area contributed by atoms with Crippen LogP contribution in [-0.4, -0.2) is 56.5 Å². The number of hydrogen-bond donors (Lipinski definition) is 0. The van der Waals surface area contributed by atoms with E-state index in [2.05, 4.69) is 14.9 Å². The predicted molar refractivity (Wildman–Crippen MR) is 77.6 cm³/mol. The normalized spacial score (nSPS) is 25.0. The third kappa shape index (κ3) is 2.93. The summed E-state index contributed by atoms with van der Waals surface area (Å²) in [6.45, 7) is 3.57. The Morgan fingerprint density at radius 3 is 2.81 bits per heavy atom. The van der Waals surface area contributed by atoms with Crippen molar-refractivity contribution in [1.82, 2.24) is 9.97 Å². The maximum absolute atomic E-state index is 11.6. The molecule has 3 rings (SSSR count). The highest BCUT2D eigenvalue weighted by Gasteiger charge is 2.37. The van der Waals surface area contributed by atoms with Gasteiger partial charge in [-0.05, 0) is 18.5 Å². The zero-order valence-corrected chi connectivity index (χ0v) is 13.3. The molecule has 2 aliphatic heterocycles. The van der Waals surface area contributed by atoms with Gasteiger partial charge in [-0.3, -0.25) is 0 Å². The van der Waals surface area contributed by atoms with Gasteiger partial charge in [-0.25, -0.2) is 13.4 Å². The molecule has 21 heavy (non-hydrogen) atoms. The molecule has 7 nitrogen and oxygen atoms in total. The van der Waals surface area contributed by atoms with Gasteiger partial charge < -0.3 is 14.4 Å². The number of halogens is 1. The van der Waals surface area contributed by atoms with Gasteiger partial charge in [0, 0.05) is 6.26 Å². The number of rotatable bonds is 2. The molecule has 0 radical (unpaired) electrons. The molecule has 1 aromatic rings. The van der Waals surface area contributed by atoms with Crippen LogP contribution in [0.2, 0.25) is 5.28 Å². The Hall–Kier alpha value is -1.12. The number of aromatic nitrogens is 2. The molecule has 0 aromatic carbocycles. The van der Waals surface area contributed by atoms with Crippen LogP contribution in [0.25, 0.3) is 0 Å². The van der Waals surface area contributed by atoms with Gasteiger partial charge >= 0.3 is 0 Å². The second-order valence-corrected chi connectivity index (χ2v) is 7.90. The fourth-order valence-electron chi connectivity index (χ4n) is 2.71. The topological polar surface area (TPSA) is 81.6 Å². The monoisotopic (exact) mass is 333 g/mol. The summed E-state index contributed by atoms with van der Waals surface area (Å²) in [5.74, 6) is 0.747. The molecule has 1 fully saturated rings. The van der Waals surface area contributed by atoms with Gasteiger partial charge in [0.15, 0.2) is 21.4 Å². The van der Waals surface area contributed by atoms with Gasteiger partial charge in [-0.15, -0.1) is 0 Å². The van der Waals surface area contributed by atoms with Gasteiger partial charge in [0.2, 0.25) is 5.28 Å². The van der Waals surface area contributed by atoms with Gasteiger partial charge in [0.1, 0.15) is 12.3 Å². The number of fused-ring (bicyclic) bond motifs is 3. The number of ether oxygens (including phenoxy) is 2. The lowest BCUT2D eigenvalue weighted by atomic mass is 10.1. The Morgan fingerprint density at radius 2 is 2.10 bits per heavy atom. The molecule has 0 saturated carbocycles. The van der Waals surface area contributed by atoms with Crippen LogP contribution in [0.5, 0.6) is 5.75 Å². The van der Waals surface area contributed by atoms with Crippen molar-refractivity contribution in [2.24, 2.45) is 0 Å². The molecule has 116 valence electrons. The minimum Gasteiger partial charge on any atom is -0.486 e. The standard InChI is InChI=1S/C12H16ClN3O4S/c1-7-3-19-4-8-5-20-10-9(6-21(2,17)18)14-12(13)15-11(10)16(7)8/h7-8H,3-6H2,1-2H3. The second-order valence-electron chi connectivity index (χ2n) is 5.42. The molecule has 2 unspecified atom stereocenters. The average Bonchev–Trinajstić information content (AvgIpc) is 2.36. The van der Waals surface area contributed by atoms with Crippen LogP contribution < -0.4 is 9.64 Å². The van der Waals surface area contributed by atoms with E-state index in [1.165, 1.54) is 0 Å². The van der Waals surface area contributed by atoms with Gasteiger partial charge in [-0.2, -0.15) is 4.98 Å². The summed E-state index contributed by atoms with van der Waals surface area (Å²) in [6.07, 6.45) is 1.15. The molecule has 2 aliphatic rings. The van der Waals surface area contributed by atoms with Crippen LogP contribution in [0.4, 0.5) is 5.82 Å². The zero-order chi connectivity index (χ0) is 15.2. The van der Waals surface area contributed by atoms with Crippen molar-refractivity contribution in [1.29, 1.82) is 0 Å². The van der Waals surface area contributed by atoms with Crippen molar-refractivity contribution in [2.75, 3.05) is 31.0 Å². The van der Waals surface area contributed by atoms with Crippen LogP contribution in [0.3, 0.4) is 0 Å². The third-order valence-electron chi connectivity index (χ3n) is 3.49. The number of hydrogen-bond acceptors (Lipinski definition) is 7. The fraction of sp³-hybridized carbons (Fsp3) is 0.667. The first kappa shape index (κ1) is 14.8. The Balaban J connectivity index is 2.08. The summed E-state index contributed by atoms with van der Waals surface area (Å²) in [6, 6.07) is 0.168. The lowest BCUT2D eigenvalue weighted by Gasteiger charge is -2.44. The first-order valence-corrected chi connectivity index (χ1v) is 9.02. The number of morpholine rings is 1. The largest absolute Gasteiger partial charge is 0.486 e. The van der Waals surface area contributed by atoms with E-state index in [1.54, 1.807) is 0 Å². The molecule has 0 spiro atoms. The van der Waals surface area contributed by atoms with E-state index in [4.69, 9.17) is 21.1 Å². The van der Waals surface area contributed by atoms with E-state index in [9.17, 15) is 8.42 Å². The highest BCUT2D eigenvalue weighted by atomic mass is 35.5. The second kappa shape index (κ2) is 5.26. The maximum atomic E-state index is 11.6. The molecule has 0 bridgehead atoms. The van der Waals surface area contributed by atoms with Crippen LogP contribution in [0.15, 0.2) is 0 Å². The Bertz CT molecular complexity index is 667. The number of nitrogens with zero attached hydrogens (tertiary/aromatic N) is 3. The summed E-state index contributed by atoms with van der Waals surface area (Å²) in [5, 5.41) is 0.0235. The molecule has 3 heterocycles. The minimum atomic E-state index is -3.24. The van der Waals surface area contributed by atoms with Gasteiger partial charge in [0.25, 0.3) is 0 Å². The quantitative estimate of drug-likeness (QED) is 0.735. The van der Waals surface area contributed by atoms with Crippen molar-refractivity contribution in [2.45, 2.75) is 24.8 Å². The molecule has 0 N–H and O–H groups in total. The van der Waals surface area contributed by atoms with Crippen molar-refractivity contribution < 1.29 is 17.9 Å². The zero-order valence-electron chi connectivity index (χ0n) is 11.7. The number of sulfone groups is 1. The van der Waals surface area contributed by atoms with E-state index >= 15 is 0 Å². The van der Waals surface area contributed by atoms with E-state index in [-0.39, 0.29) is 23.1 Å². The molecule has 0 aliphatic carbocycles. The molecule has 1 aromatic heterocycles. The first-order valence-electron chi connectivity index (χ1n) is 6.58.